The van der Waals surface area contributed by atoms with Crippen LogP contribution in [0, 0.1) is 11.7 Å². The van der Waals surface area contributed by atoms with Gasteiger partial charge >= 0.3 is 0 Å². The molecule has 4 heteroatoms. The second-order valence-corrected chi connectivity index (χ2v) is 4.83. The van der Waals surface area contributed by atoms with Crippen LogP contribution in [0.2, 0.25) is 5.02 Å². The molecule has 0 aliphatic heterocycles. The zero-order valence-electron chi connectivity index (χ0n) is 8.85. The second kappa shape index (κ2) is 4.30. The molecule has 0 heterocycles. The van der Waals surface area contributed by atoms with Crippen LogP contribution in [-0.2, 0) is 6.42 Å². The van der Waals surface area contributed by atoms with Gasteiger partial charge in [-0.15, -0.1) is 0 Å². The van der Waals surface area contributed by atoms with E-state index in [1.54, 1.807) is 0 Å². The highest BCUT2D eigenvalue weighted by Crippen LogP contribution is 2.44. The van der Waals surface area contributed by atoms with E-state index in [4.69, 9.17) is 17.3 Å². The molecular formula is C12H14ClF2N. The largest absolute Gasteiger partial charge is 0.328 e. The average Bonchev–Trinajstić information content (AvgIpc) is 3.06. The van der Waals surface area contributed by atoms with Gasteiger partial charge < -0.3 is 5.73 Å². The number of nitrogens with two attached hydrogens (primary N) is 1. The van der Waals surface area contributed by atoms with E-state index >= 15 is 0 Å². The average molecular weight is 246 g/mol. The molecule has 2 N–H and O–H groups in total. The molecule has 1 aliphatic rings. The van der Waals surface area contributed by atoms with E-state index < -0.39 is 11.5 Å². The van der Waals surface area contributed by atoms with Crippen molar-refractivity contribution < 1.29 is 8.78 Å². The van der Waals surface area contributed by atoms with Crippen LogP contribution in [0.1, 0.15) is 18.4 Å². The summed E-state index contributed by atoms with van der Waals surface area (Å²) in [6.45, 7) is -0.00856. The standard InChI is InChI=1S/C12H14ClF2N/c13-11-5-10(14)4-1-8(11)6-12(15,7-16)9-2-3-9/h1,4-5,9H,2-3,6-7,16H2. The van der Waals surface area contributed by atoms with Gasteiger partial charge in [0.2, 0.25) is 0 Å². The topological polar surface area (TPSA) is 26.0 Å². The summed E-state index contributed by atoms with van der Waals surface area (Å²) in [5.74, 6) is -0.365. The zero-order valence-corrected chi connectivity index (χ0v) is 9.61. The molecule has 0 aromatic heterocycles. The van der Waals surface area contributed by atoms with Gasteiger partial charge in [0, 0.05) is 18.0 Å². The van der Waals surface area contributed by atoms with Gasteiger partial charge in [-0.2, -0.15) is 0 Å². The number of hydrogen-bond acceptors (Lipinski definition) is 1. The number of alkyl halides is 1. The minimum atomic E-state index is -1.39. The molecule has 16 heavy (non-hydrogen) atoms. The van der Waals surface area contributed by atoms with Crippen LogP contribution in [-0.4, -0.2) is 12.2 Å². The van der Waals surface area contributed by atoms with Crippen LogP contribution in [0.15, 0.2) is 18.2 Å². The summed E-state index contributed by atoms with van der Waals surface area (Å²) < 4.78 is 27.2. The predicted octanol–water partition coefficient (Wildman–Crippen LogP) is 3.10. The molecule has 1 nitrogen and oxygen atoms in total. The third-order valence-electron chi connectivity index (χ3n) is 3.15. The van der Waals surface area contributed by atoms with Gasteiger partial charge in [-0.1, -0.05) is 17.7 Å². The fourth-order valence-electron chi connectivity index (χ4n) is 1.97. The molecule has 0 amide bonds. The van der Waals surface area contributed by atoms with Crippen molar-refractivity contribution in [2.45, 2.75) is 24.9 Å². The summed E-state index contributed by atoms with van der Waals surface area (Å²) in [6, 6.07) is 4.04. The van der Waals surface area contributed by atoms with E-state index in [-0.39, 0.29) is 23.9 Å². The first kappa shape index (κ1) is 11.8. The van der Waals surface area contributed by atoms with Gasteiger partial charge in [0.05, 0.1) is 0 Å². The van der Waals surface area contributed by atoms with Crippen molar-refractivity contribution in [3.05, 3.63) is 34.6 Å². The normalized spacial score (nSPS) is 19.5. The number of rotatable bonds is 4. The van der Waals surface area contributed by atoms with Gasteiger partial charge in [0.25, 0.3) is 0 Å². The molecule has 0 radical (unpaired) electrons. The summed E-state index contributed by atoms with van der Waals surface area (Å²) in [5, 5.41) is 0.274. The lowest BCUT2D eigenvalue weighted by Gasteiger charge is -2.23. The fourth-order valence-corrected chi connectivity index (χ4v) is 2.20. The molecule has 1 fully saturated rings. The molecule has 0 bridgehead atoms. The summed E-state index contributed by atoms with van der Waals surface area (Å²) in [7, 11) is 0. The molecule has 1 aliphatic carbocycles. The maximum Gasteiger partial charge on any atom is 0.130 e. The van der Waals surface area contributed by atoms with E-state index in [2.05, 4.69) is 0 Å². The highest BCUT2D eigenvalue weighted by Gasteiger charge is 2.44. The minimum absolute atomic E-state index is 0.00856. The molecule has 0 spiro atoms. The van der Waals surface area contributed by atoms with Gasteiger partial charge in [-0.3, -0.25) is 0 Å². The summed E-state index contributed by atoms with van der Waals surface area (Å²) in [6.07, 6.45) is 1.94. The minimum Gasteiger partial charge on any atom is -0.328 e. The Bertz CT molecular complexity index is 393. The van der Waals surface area contributed by atoms with Crippen molar-refractivity contribution in [1.29, 1.82) is 0 Å². The van der Waals surface area contributed by atoms with Crippen molar-refractivity contribution >= 4 is 11.6 Å². The van der Waals surface area contributed by atoms with Gasteiger partial charge in [0.1, 0.15) is 11.5 Å². The van der Waals surface area contributed by atoms with Crippen LogP contribution in [0.3, 0.4) is 0 Å². The Kier molecular flexibility index (Phi) is 3.17. The van der Waals surface area contributed by atoms with E-state index in [1.165, 1.54) is 18.2 Å². The molecule has 1 atom stereocenters. The second-order valence-electron chi connectivity index (χ2n) is 4.43. The van der Waals surface area contributed by atoms with Crippen molar-refractivity contribution in [2.75, 3.05) is 6.54 Å². The third kappa shape index (κ3) is 2.36. The third-order valence-corrected chi connectivity index (χ3v) is 3.50. The van der Waals surface area contributed by atoms with Crippen LogP contribution in [0.25, 0.3) is 0 Å². The number of halogens is 3. The lowest BCUT2D eigenvalue weighted by Crippen LogP contribution is -2.37. The monoisotopic (exact) mass is 245 g/mol. The lowest BCUT2D eigenvalue weighted by molar-refractivity contribution is 0.142. The van der Waals surface area contributed by atoms with Crippen molar-refractivity contribution in [3.63, 3.8) is 0 Å². The Hall–Kier alpha value is -0.670. The molecule has 88 valence electrons. The van der Waals surface area contributed by atoms with Crippen LogP contribution in [0.5, 0.6) is 0 Å². The Morgan fingerprint density at radius 3 is 2.62 bits per heavy atom. The molecule has 0 saturated heterocycles. The lowest BCUT2D eigenvalue weighted by atomic mass is 9.91. The van der Waals surface area contributed by atoms with Crippen molar-refractivity contribution in [3.8, 4) is 0 Å². The molecular weight excluding hydrogens is 232 g/mol. The molecule has 2 rings (SSSR count). The highest BCUT2D eigenvalue weighted by molar-refractivity contribution is 6.31. The first-order valence-electron chi connectivity index (χ1n) is 5.38. The first-order valence-corrected chi connectivity index (χ1v) is 5.76. The van der Waals surface area contributed by atoms with Crippen LogP contribution < -0.4 is 5.73 Å². The van der Waals surface area contributed by atoms with Crippen LogP contribution >= 0.6 is 11.6 Å². The Labute approximate surface area is 98.6 Å². The van der Waals surface area contributed by atoms with Gasteiger partial charge in [-0.25, -0.2) is 8.78 Å². The molecule has 1 unspecified atom stereocenters. The predicted molar refractivity (Wildman–Crippen MR) is 60.7 cm³/mol. The fraction of sp³-hybridized carbons (Fsp3) is 0.500. The number of hydrogen-bond donors (Lipinski definition) is 1. The van der Waals surface area contributed by atoms with Crippen molar-refractivity contribution in [2.24, 2.45) is 11.7 Å². The number of benzene rings is 1. The maximum absolute atomic E-state index is 14.4. The summed E-state index contributed by atoms with van der Waals surface area (Å²) >= 11 is 5.87. The Morgan fingerprint density at radius 1 is 1.44 bits per heavy atom. The Balaban J connectivity index is 2.18. The quantitative estimate of drug-likeness (QED) is 0.867. The first-order chi connectivity index (χ1) is 7.55. The zero-order chi connectivity index (χ0) is 11.8. The van der Waals surface area contributed by atoms with E-state index in [1.807, 2.05) is 0 Å². The van der Waals surface area contributed by atoms with Crippen LogP contribution in [0.4, 0.5) is 8.78 Å². The Morgan fingerprint density at radius 2 is 2.12 bits per heavy atom. The van der Waals surface area contributed by atoms with Gasteiger partial charge in [-0.05, 0) is 36.5 Å². The smallest absolute Gasteiger partial charge is 0.130 e. The van der Waals surface area contributed by atoms with E-state index in [9.17, 15) is 8.78 Å². The SMILES string of the molecule is NCC(F)(Cc1ccc(F)cc1Cl)C1CC1. The van der Waals surface area contributed by atoms with Crippen molar-refractivity contribution in [1.82, 2.24) is 0 Å². The summed E-state index contributed by atoms with van der Waals surface area (Å²) in [5.41, 5.74) is 4.72. The summed E-state index contributed by atoms with van der Waals surface area (Å²) in [4.78, 5) is 0. The van der Waals surface area contributed by atoms with Gasteiger partial charge in [0.15, 0.2) is 0 Å². The molecule has 1 saturated carbocycles. The highest BCUT2D eigenvalue weighted by atomic mass is 35.5. The molecule has 1 aromatic carbocycles. The van der Waals surface area contributed by atoms with E-state index in [0.717, 1.165) is 12.8 Å². The maximum atomic E-state index is 14.4. The van der Waals surface area contributed by atoms with E-state index in [0.29, 0.717) is 5.56 Å². The molecule has 1 aromatic rings.